The molecule has 9 heteroatoms. The number of methoxy groups -OCH3 is 1. The SMILES string of the molecule is COCCN(Cc1nc(C(=O)Nc2ccc(C)c(C)c2)cs1)C(=O)Nc1cccc(Cl)c1. The molecule has 7 nitrogen and oxygen atoms in total. The highest BCUT2D eigenvalue weighted by Crippen LogP contribution is 2.19. The van der Waals surface area contributed by atoms with Gasteiger partial charge < -0.3 is 20.3 Å². The van der Waals surface area contributed by atoms with Gasteiger partial charge in [-0.1, -0.05) is 23.7 Å². The minimum absolute atomic E-state index is 0.247. The van der Waals surface area contributed by atoms with Crippen LogP contribution in [-0.2, 0) is 11.3 Å². The summed E-state index contributed by atoms with van der Waals surface area (Å²) in [5, 5.41) is 8.56. The third-order valence-electron chi connectivity index (χ3n) is 4.80. The van der Waals surface area contributed by atoms with Crippen molar-refractivity contribution in [3.05, 3.63) is 74.7 Å². The summed E-state index contributed by atoms with van der Waals surface area (Å²) in [7, 11) is 1.58. The Bertz CT molecular complexity index is 1100. The van der Waals surface area contributed by atoms with Gasteiger partial charge in [0, 0.05) is 35.4 Å². The largest absolute Gasteiger partial charge is 0.383 e. The lowest BCUT2D eigenvalue weighted by Gasteiger charge is -2.21. The number of anilines is 2. The highest BCUT2D eigenvalue weighted by atomic mass is 35.5. The van der Waals surface area contributed by atoms with Gasteiger partial charge in [0.25, 0.3) is 5.91 Å². The molecule has 0 aliphatic rings. The van der Waals surface area contributed by atoms with Crippen LogP contribution in [0, 0.1) is 13.8 Å². The second kappa shape index (κ2) is 11.1. The van der Waals surface area contributed by atoms with E-state index >= 15 is 0 Å². The summed E-state index contributed by atoms with van der Waals surface area (Å²) < 4.78 is 5.13. The highest BCUT2D eigenvalue weighted by molar-refractivity contribution is 7.09. The lowest BCUT2D eigenvalue weighted by Crippen LogP contribution is -2.36. The number of rotatable bonds is 8. The maximum Gasteiger partial charge on any atom is 0.322 e. The summed E-state index contributed by atoms with van der Waals surface area (Å²) in [6.07, 6.45) is 0. The smallest absolute Gasteiger partial charge is 0.322 e. The average Bonchev–Trinajstić information content (AvgIpc) is 3.22. The van der Waals surface area contributed by atoms with Crippen molar-refractivity contribution in [2.45, 2.75) is 20.4 Å². The fourth-order valence-electron chi connectivity index (χ4n) is 2.89. The van der Waals surface area contributed by atoms with Gasteiger partial charge >= 0.3 is 6.03 Å². The number of hydrogen-bond acceptors (Lipinski definition) is 5. The summed E-state index contributed by atoms with van der Waals surface area (Å²) in [5.74, 6) is -0.289. The molecule has 1 aromatic heterocycles. The standard InChI is InChI=1S/C23H25ClN4O3S/c1-15-7-8-19(11-16(15)2)25-22(29)20-14-32-21(27-20)13-28(9-10-31-3)23(30)26-18-6-4-5-17(24)12-18/h4-8,11-12,14H,9-10,13H2,1-3H3,(H,25,29)(H,26,30). The van der Waals surface area contributed by atoms with Crippen LogP contribution in [0.2, 0.25) is 5.02 Å². The minimum atomic E-state index is -0.305. The molecule has 0 saturated carbocycles. The van der Waals surface area contributed by atoms with Crippen molar-refractivity contribution in [3.63, 3.8) is 0 Å². The Morgan fingerprint density at radius 3 is 2.59 bits per heavy atom. The van der Waals surface area contributed by atoms with E-state index in [0.29, 0.717) is 34.6 Å². The highest BCUT2D eigenvalue weighted by Gasteiger charge is 2.18. The van der Waals surface area contributed by atoms with Crippen molar-refractivity contribution in [1.29, 1.82) is 0 Å². The van der Waals surface area contributed by atoms with Gasteiger partial charge in [0.2, 0.25) is 0 Å². The van der Waals surface area contributed by atoms with E-state index in [2.05, 4.69) is 15.6 Å². The molecule has 0 bridgehead atoms. The van der Waals surface area contributed by atoms with Gasteiger partial charge in [-0.15, -0.1) is 11.3 Å². The van der Waals surface area contributed by atoms with Crippen molar-refractivity contribution < 1.29 is 14.3 Å². The zero-order valence-electron chi connectivity index (χ0n) is 18.1. The molecule has 0 atom stereocenters. The Morgan fingerprint density at radius 1 is 1.09 bits per heavy atom. The molecule has 3 aromatic rings. The number of amides is 3. The quantitative estimate of drug-likeness (QED) is 0.463. The minimum Gasteiger partial charge on any atom is -0.383 e. The Labute approximate surface area is 196 Å². The zero-order chi connectivity index (χ0) is 23.1. The molecule has 3 amide bonds. The monoisotopic (exact) mass is 472 g/mol. The number of benzene rings is 2. The van der Waals surface area contributed by atoms with E-state index in [1.807, 2.05) is 32.0 Å². The van der Waals surface area contributed by atoms with E-state index in [4.69, 9.17) is 16.3 Å². The maximum atomic E-state index is 12.8. The van der Waals surface area contributed by atoms with E-state index in [1.165, 1.54) is 11.3 Å². The third-order valence-corrected chi connectivity index (χ3v) is 5.87. The summed E-state index contributed by atoms with van der Waals surface area (Å²) in [5.41, 5.74) is 3.88. The number of hydrogen-bond donors (Lipinski definition) is 2. The molecule has 0 aliphatic carbocycles. The molecule has 0 unspecified atom stereocenters. The number of halogens is 1. The number of carbonyl (C=O) groups excluding carboxylic acids is 2. The second-order valence-electron chi connectivity index (χ2n) is 7.23. The Balaban J connectivity index is 1.67. The summed E-state index contributed by atoms with van der Waals surface area (Å²) in [4.78, 5) is 31.4. The van der Waals surface area contributed by atoms with Crippen LogP contribution in [0.25, 0.3) is 0 Å². The fraction of sp³-hybridized carbons (Fsp3) is 0.261. The first kappa shape index (κ1) is 23.7. The third kappa shape index (κ3) is 6.53. The first-order valence-corrected chi connectivity index (χ1v) is 11.2. The Hall–Kier alpha value is -2.94. The van der Waals surface area contributed by atoms with Crippen molar-refractivity contribution in [2.24, 2.45) is 0 Å². The fourth-order valence-corrected chi connectivity index (χ4v) is 3.87. The van der Waals surface area contributed by atoms with Crippen molar-refractivity contribution >= 4 is 46.3 Å². The number of nitrogens with one attached hydrogen (secondary N) is 2. The molecule has 32 heavy (non-hydrogen) atoms. The van der Waals surface area contributed by atoms with E-state index < -0.39 is 0 Å². The van der Waals surface area contributed by atoms with Crippen molar-refractivity contribution in [2.75, 3.05) is 30.9 Å². The molecular weight excluding hydrogens is 448 g/mol. The summed E-state index contributed by atoms with van der Waals surface area (Å²) >= 11 is 7.32. The molecular formula is C23H25ClN4O3S. The number of urea groups is 1. The van der Waals surface area contributed by atoms with Crippen LogP contribution >= 0.6 is 22.9 Å². The first-order valence-electron chi connectivity index (χ1n) is 9.99. The molecule has 168 valence electrons. The number of aryl methyl sites for hydroxylation is 2. The van der Waals surface area contributed by atoms with Gasteiger partial charge in [-0.3, -0.25) is 4.79 Å². The second-order valence-corrected chi connectivity index (χ2v) is 8.61. The maximum absolute atomic E-state index is 12.8. The van der Waals surface area contributed by atoms with E-state index in [1.54, 1.807) is 41.7 Å². The average molecular weight is 473 g/mol. The number of thiazole rings is 1. The van der Waals surface area contributed by atoms with Crippen LogP contribution in [0.3, 0.4) is 0 Å². The Kier molecular flexibility index (Phi) is 8.21. The van der Waals surface area contributed by atoms with Gasteiger partial charge in [0.05, 0.1) is 13.2 Å². The van der Waals surface area contributed by atoms with Crippen LogP contribution < -0.4 is 10.6 Å². The molecule has 0 fully saturated rings. The van der Waals surface area contributed by atoms with Gasteiger partial charge in [0.15, 0.2) is 0 Å². The van der Waals surface area contributed by atoms with Crippen LogP contribution in [0.4, 0.5) is 16.2 Å². The molecule has 0 spiro atoms. The molecule has 2 aromatic carbocycles. The predicted octanol–water partition coefficient (Wildman–Crippen LogP) is 5.35. The summed E-state index contributed by atoms with van der Waals surface area (Å²) in [6, 6.07) is 12.4. The predicted molar refractivity (Wildman–Crippen MR) is 129 cm³/mol. The van der Waals surface area contributed by atoms with E-state index in [-0.39, 0.29) is 18.5 Å². The normalized spacial score (nSPS) is 10.6. The van der Waals surface area contributed by atoms with Crippen LogP contribution in [-0.4, -0.2) is 42.1 Å². The van der Waals surface area contributed by atoms with Gasteiger partial charge in [0.1, 0.15) is 10.7 Å². The molecule has 1 heterocycles. The molecule has 3 rings (SSSR count). The lowest BCUT2D eigenvalue weighted by molar-refractivity contribution is 0.102. The lowest BCUT2D eigenvalue weighted by atomic mass is 10.1. The molecule has 0 saturated heterocycles. The topological polar surface area (TPSA) is 83.6 Å². The molecule has 2 N–H and O–H groups in total. The van der Waals surface area contributed by atoms with Crippen LogP contribution in [0.1, 0.15) is 26.6 Å². The van der Waals surface area contributed by atoms with E-state index in [0.717, 1.165) is 16.8 Å². The number of nitrogens with zero attached hydrogens (tertiary/aromatic N) is 2. The number of aromatic nitrogens is 1. The Morgan fingerprint density at radius 2 is 1.88 bits per heavy atom. The molecule has 0 radical (unpaired) electrons. The molecule has 0 aliphatic heterocycles. The van der Waals surface area contributed by atoms with Crippen molar-refractivity contribution in [1.82, 2.24) is 9.88 Å². The van der Waals surface area contributed by atoms with Gasteiger partial charge in [-0.05, 0) is 55.3 Å². The van der Waals surface area contributed by atoms with Gasteiger partial charge in [-0.25, -0.2) is 9.78 Å². The number of ether oxygens (including phenoxy) is 1. The zero-order valence-corrected chi connectivity index (χ0v) is 19.7. The van der Waals surface area contributed by atoms with Crippen LogP contribution in [0.15, 0.2) is 47.8 Å². The number of carbonyl (C=O) groups is 2. The van der Waals surface area contributed by atoms with Crippen molar-refractivity contribution in [3.8, 4) is 0 Å². The van der Waals surface area contributed by atoms with Crippen LogP contribution in [0.5, 0.6) is 0 Å². The summed E-state index contributed by atoms with van der Waals surface area (Å²) in [6.45, 7) is 5.00. The van der Waals surface area contributed by atoms with Gasteiger partial charge in [-0.2, -0.15) is 0 Å². The van der Waals surface area contributed by atoms with E-state index in [9.17, 15) is 9.59 Å². The first-order chi connectivity index (χ1) is 15.4.